The summed E-state index contributed by atoms with van der Waals surface area (Å²) in [5.41, 5.74) is 0.117. The maximum atomic E-state index is 12.1. The molecule has 1 heterocycles. The normalized spacial score (nSPS) is 30.9. The SMILES string of the molecule is CCC(C)C(=O)C1CCOC2(CCC2)C1. The Balaban J connectivity index is 1.95. The minimum absolute atomic E-state index is 0.117. The van der Waals surface area contributed by atoms with Crippen LogP contribution in [0, 0.1) is 11.8 Å². The molecule has 2 unspecified atom stereocenters. The Hall–Kier alpha value is -0.370. The molecule has 2 atom stereocenters. The molecular formula is C13H22O2. The maximum Gasteiger partial charge on any atom is 0.138 e. The first-order valence-electron chi connectivity index (χ1n) is 6.34. The van der Waals surface area contributed by atoms with Crippen molar-refractivity contribution in [2.24, 2.45) is 11.8 Å². The van der Waals surface area contributed by atoms with Crippen LogP contribution in [0.25, 0.3) is 0 Å². The van der Waals surface area contributed by atoms with Gasteiger partial charge >= 0.3 is 0 Å². The summed E-state index contributed by atoms with van der Waals surface area (Å²) in [7, 11) is 0. The molecule has 0 radical (unpaired) electrons. The Kier molecular flexibility index (Phi) is 3.15. The van der Waals surface area contributed by atoms with Crippen molar-refractivity contribution >= 4 is 5.78 Å². The number of ether oxygens (including phenoxy) is 1. The van der Waals surface area contributed by atoms with E-state index in [-0.39, 0.29) is 17.4 Å². The number of carbonyl (C=O) groups is 1. The van der Waals surface area contributed by atoms with Crippen LogP contribution in [0.15, 0.2) is 0 Å². The molecule has 0 aromatic carbocycles. The van der Waals surface area contributed by atoms with Crippen molar-refractivity contribution in [3.8, 4) is 0 Å². The highest BCUT2D eigenvalue weighted by atomic mass is 16.5. The van der Waals surface area contributed by atoms with Crippen LogP contribution in [0.4, 0.5) is 0 Å². The number of hydrogen-bond donors (Lipinski definition) is 0. The molecule has 0 aromatic heterocycles. The van der Waals surface area contributed by atoms with E-state index in [1.165, 1.54) is 19.3 Å². The van der Waals surface area contributed by atoms with Crippen molar-refractivity contribution in [1.82, 2.24) is 0 Å². The molecule has 0 amide bonds. The summed E-state index contributed by atoms with van der Waals surface area (Å²) < 4.78 is 5.84. The van der Waals surface area contributed by atoms with Crippen LogP contribution in [0.2, 0.25) is 0 Å². The third-order valence-electron chi connectivity index (χ3n) is 4.26. The molecular weight excluding hydrogens is 188 g/mol. The van der Waals surface area contributed by atoms with Gasteiger partial charge in [-0.15, -0.1) is 0 Å². The molecule has 1 aliphatic heterocycles. The average Bonchev–Trinajstić information content (AvgIpc) is 2.25. The monoisotopic (exact) mass is 210 g/mol. The molecule has 1 saturated carbocycles. The molecule has 0 N–H and O–H groups in total. The van der Waals surface area contributed by atoms with Gasteiger partial charge in [0.05, 0.1) is 5.60 Å². The van der Waals surface area contributed by atoms with Gasteiger partial charge in [-0.3, -0.25) is 4.79 Å². The first-order valence-corrected chi connectivity index (χ1v) is 6.34. The predicted molar refractivity (Wildman–Crippen MR) is 59.7 cm³/mol. The smallest absolute Gasteiger partial charge is 0.138 e. The predicted octanol–water partition coefficient (Wildman–Crippen LogP) is 2.95. The summed E-state index contributed by atoms with van der Waals surface area (Å²) in [4.78, 5) is 12.1. The second-order valence-electron chi connectivity index (χ2n) is 5.29. The molecule has 0 bridgehead atoms. The summed E-state index contributed by atoms with van der Waals surface area (Å²) in [6.07, 6.45) is 6.56. The number of rotatable bonds is 3. The Bertz CT molecular complexity index is 243. The van der Waals surface area contributed by atoms with Gasteiger partial charge in [0.2, 0.25) is 0 Å². The molecule has 2 rings (SSSR count). The maximum absolute atomic E-state index is 12.1. The Morgan fingerprint density at radius 3 is 2.80 bits per heavy atom. The van der Waals surface area contributed by atoms with Gasteiger partial charge in [-0.25, -0.2) is 0 Å². The average molecular weight is 210 g/mol. The van der Waals surface area contributed by atoms with Crippen LogP contribution in [-0.2, 0) is 9.53 Å². The lowest BCUT2D eigenvalue weighted by Crippen LogP contribution is -2.47. The first kappa shape index (κ1) is 11.1. The summed E-state index contributed by atoms with van der Waals surface area (Å²) in [5, 5.41) is 0. The van der Waals surface area contributed by atoms with Gasteiger partial charge in [-0.05, 0) is 38.5 Å². The lowest BCUT2D eigenvalue weighted by Gasteiger charge is -2.47. The van der Waals surface area contributed by atoms with Crippen LogP contribution < -0.4 is 0 Å². The number of hydrogen-bond acceptors (Lipinski definition) is 2. The molecule has 1 saturated heterocycles. The molecule has 2 fully saturated rings. The second kappa shape index (κ2) is 4.25. The third-order valence-corrected chi connectivity index (χ3v) is 4.26. The van der Waals surface area contributed by atoms with Gasteiger partial charge in [0.15, 0.2) is 0 Å². The lowest BCUT2D eigenvalue weighted by molar-refractivity contribution is -0.157. The quantitative estimate of drug-likeness (QED) is 0.716. The largest absolute Gasteiger partial charge is 0.375 e. The van der Waals surface area contributed by atoms with Crippen molar-refractivity contribution in [3.63, 3.8) is 0 Å². The Morgan fingerprint density at radius 2 is 2.27 bits per heavy atom. The van der Waals surface area contributed by atoms with Gasteiger partial charge < -0.3 is 4.74 Å². The first-order chi connectivity index (χ1) is 7.17. The van der Waals surface area contributed by atoms with Crippen LogP contribution in [0.3, 0.4) is 0 Å². The Morgan fingerprint density at radius 1 is 1.53 bits per heavy atom. The molecule has 15 heavy (non-hydrogen) atoms. The summed E-state index contributed by atoms with van der Waals surface area (Å²) in [6.45, 7) is 4.96. The van der Waals surface area contributed by atoms with E-state index in [1.54, 1.807) is 0 Å². The molecule has 2 heteroatoms. The van der Waals surface area contributed by atoms with Gasteiger partial charge in [0, 0.05) is 18.4 Å². The van der Waals surface area contributed by atoms with Gasteiger partial charge in [0.1, 0.15) is 5.78 Å². The number of Topliss-reactive ketones (excluding diaryl/α,β-unsaturated/α-hetero) is 1. The van der Waals surface area contributed by atoms with E-state index >= 15 is 0 Å². The summed E-state index contributed by atoms with van der Waals surface area (Å²) in [6, 6.07) is 0. The molecule has 2 nitrogen and oxygen atoms in total. The van der Waals surface area contributed by atoms with Crippen molar-refractivity contribution in [3.05, 3.63) is 0 Å². The minimum atomic E-state index is 0.117. The molecule has 2 aliphatic rings. The zero-order chi connectivity index (χ0) is 10.9. The number of ketones is 1. The number of carbonyl (C=O) groups excluding carboxylic acids is 1. The van der Waals surface area contributed by atoms with Crippen molar-refractivity contribution in [2.75, 3.05) is 6.61 Å². The topological polar surface area (TPSA) is 26.3 Å². The summed E-state index contributed by atoms with van der Waals surface area (Å²) in [5.74, 6) is 1.01. The van der Waals surface area contributed by atoms with E-state index < -0.39 is 0 Å². The highest BCUT2D eigenvalue weighted by molar-refractivity contribution is 5.83. The zero-order valence-corrected chi connectivity index (χ0v) is 9.92. The highest BCUT2D eigenvalue weighted by Crippen LogP contribution is 2.44. The van der Waals surface area contributed by atoms with Crippen molar-refractivity contribution in [1.29, 1.82) is 0 Å². The second-order valence-corrected chi connectivity index (χ2v) is 5.29. The fourth-order valence-electron chi connectivity index (χ4n) is 2.79. The van der Waals surface area contributed by atoms with Crippen molar-refractivity contribution in [2.45, 2.75) is 58.0 Å². The molecule has 0 aromatic rings. The van der Waals surface area contributed by atoms with Crippen LogP contribution in [-0.4, -0.2) is 18.0 Å². The van der Waals surface area contributed by atoms with E-state index in [0.29, 0.717) is 5.78 Å². The Labute approximate surface area is 92.4 Å². The van der Waals surface area contributed by atoms with E-state index in [4.69, 9.17) is 4.74 Å². The van der Waals surface area contributed by atoms with E-state index in [2.05, 4.69) is 13.8 Å². The van der Waals surface area contributed by atoms with Gasteiger partial charge in [0.25, 0.3) is 0 Å². The third kappa shape index (κ3) is 2.10. The summed E-state index contributed by atoms with van der Waals surface area (Å²) >= 11 is 0. The fourth-order valence-corrected chi connectivity index (χ4v) is 2.79. The zero-order valence-electron chi connectivity index (χ0n) is 9.92. The minimum Gasteiger partial charge on any atom is -0.375 e. The van der Waals surface area contributed by atoms with E-state index in [0.717, 1.165) is 25.9 Å². The highest BCUT2D eigenvalue weighted by Gasteiger charge is 2.44. The van der Waals surface area contributed by atoms with E-state index in [9.17, 15) is 4.79 Å². The van der Waals surface area contributed by atoms with Gasteiger partial charge in [-0.2, -0.15) is 0 Å². The molecule has 1 spiro atoms. The fraction of sp³-hybridized carbons (Fsp3) is 0.923. The lowest BCUT2D eigenvalue weighted by atomic mass is 9.70. The van der Waals surface area contributed by atoms with Crippen LogP contribution in [0.5, 0.6) is 0 Å². The molecule has 1 aliphatic carbocycles. The standard InChI is InChI=1S/C13H22O2/c1-3-10(2)12(14)11-5-8-15-13(9-11)6-4-7-13/h10-11H,3-9H2,1-2H3. The van der Waals surface area contributed by atoms with Crippen LogP contribution >= 0.6 is 0 Å². The molecule has 86 valence electrons. The van der Waals surface area contributed by atoms with Gasteiger partial charge in [-0.1, -0.05) is 13.8 Å². The van der Waals surface area contributed by atoms with E-state index in [1.807, 2.05) is 0 Å². The van der Waals surface area contributed by atoms with Crippen molar-refractivity contribution < 1.29 is 9.53 Å². The van der Waals surface area contributed by atoms with Crippen LogP contribution in [0.1, 0.15) is 52.4 Å².